The number of carbonyl (C=O) groups excluding carboxylic acids is 1. The van der Waals surface area contributed by atoms with E-state index in [9.17, 15) is 30.3 Å². The van der Waals surface area contributed by atoms with Gasteiger partial charge in [0.15, 0.2) is 12.6 Å². The lowest BCUT2D eigenvalue weighted by Crippen LogP contribution is -2.60. The van der Waals surface area contributed by atoms with Crippen LogP contribution in [0.25, 0.3) is 0 Å². The second kappa shape index (κ2) is 24.6. The van der Waals surface area contributed by atoms with Gasteiger partial charge in [-0.3, -0.25) is 9.69 Å². The van der Waals surface area contributed by atoms with Crippen molar-refractivity contribution in [3.05, 3.63) is 0 Å². The lowest BCUT2D eigenvalue weighted by Gasteiger charge is -2.48. The number of nitrogens with zero attached hydrogens (tertiary/aromatic N) is 2. The molecule has 3 rings (SSSR count). The van der Waals surface area contributed by atoms with Gasteiger partial charge in [-0.25, -0.2) is 0 Å². The zero-order chi connectivity index (χ0) is 46.7. The fourth-order valence-corrected chi connectivity index (χ4v) is 10.2. The van der Waals surface area contributed by atoms with Crippen molar-refractivity contribution in [2.45, 2.75) is 217 Å². The summed E-state index contributed by atoms with van der Waals surface area (Å²) in [5.41, 5.74) is 1.19. The minimum atomic E-state index is -1.83. The van der Waals surface area contributed by atoms with Gasteiger partial charge in [0.1, 0.15) is 30.0 Å². The number of nitrogens with two attached hydrogens (primary N) is 1. The number of likely N-dealkylation sites (N-methyl/N-ethyl adjacent to an activating group) is 1. The summed E-state index contributed by atoms with van der Waals surface area (Å²) in [7, 11) is 5.31. The molecule has 16 nitrogen and oxygen atoms in total. The normalized spacial score (nSPS) is 43.5. The van der Waals surface area contributed by atoms with Gasteiger partial charge >= 0.3 is 5.97 Å². The Labute approximate surface area is 373 Å². The number of ether oxygens (including phenoxy) is 6. The summed E-state index contributed by atoms with van der Waals surface area (Å²) < 4.78 is 38.1. The Morgan fingerprint density at radius 1 is 0.903 bits per heavy atom. The monoisotopic (exact) mass is 891 g/mol. The summed E-state index contributed by atoms with van der Waals surface area (Å²) in [6, 6.07) is -0.843. The van der Waals surface area contributed by atoms with Crippen molar-refractivity contribution >= 4 is 5.97 Å². The van der Waals surface area contributed by atoms with Gasteiger partial charge in [-0.1, -0.05) is 33.6 Å². The molecule has 0 aromatic rings. The summed E-state index contributed by atoms with van der Waals surface area (Å²) in [6.07, 6.45) is -3.27. The number of aliphatic hydroxyl groups excluding tert-OH is 3. The Hall–Kier alpha value is -1.09. The number of rotatable bonds is 17. The number of methoxy groups -OCH3 is 1. The molecular formula is C46H90N4O12. The largest absolute Gasteiger partial charge is 0.459 e. The summed E-state index contributed by atoms with van der Waals surface area (Å²) in [5.74, 6) is -2.64. The van der Waals surface area contributed by atoms with Crippen molar-refractivity contribution < 1.29 is 58.7 Å². The molecule has 0 aromatic carbocycles. The van der Waals surface area contributed by atoms with Crippen LogP contribution >= 0.6 is 0 Å². The van der Waals surface area contributed by atoms with E-state index in [1.54, 1.807) is 34.6 Å². The van der Waals surface area contributed by atoms with E-state index in [4.69, 9.17) is 34.2 Å². The zero-order valence-corrected chi connectivity index (χ0v) is 40.6. The molecule has 3 fully saturated rings. The summed E-state index contributed by atoms with van der Waals surface area (Å²) >= 11 is 0. The Kier molecular flexibility index (Phi) is 21.9. The van der Waals surface area contributed by atoms with Crippen molar-refractivity contribution in [3.8, 4) is 0 Å². The van der Waals surface area contributed by atoms with E-state index in [0.717, 1.165) is 45.2 Å². The van der Waals surface area contributed by atoms with Crippen LogP contribution in [0.15, 0.2) is 0 Å². The van der Waals surface area contributed by atoms with Gasteiger partial charge in [-0.2, -0.15) is 0 Å². The summed E-state index contributed by atoms with van der Waals surface area (Å²) in [6.45, 7) is 21.3. The molecule has 3 aliphatic heterocycles. The van der Waals surface area contributed by atoms with Crippen LogP contribution < -0.4 is 11.1 Å². The van der Waals surface area contributed by atoms with E-state index in [-0.39, 0.29) is 37.3 Å². The number of aliphatic hydroxyl groups is 5. The molecule has 3 unspecified atom stereocenters. The predicted molar refractivity (Wildman–Crippen MR) is 238 cm³/mol. The Balaban J connectivity index is 2.10. The highest BCUT2D eigenvalue weighted by Gasteiger charge is 2.53. The second-order valence-electron chi connectivity index (χ2n) is 20.0. The number of nitrogens with one attached hydrogen (secondary N) is 1. The minimum Gasteiger partial charge on any atom is -0.459 e. The average molecular weight is 891 g/mol. The van der Waals surface area contributed by atoms with Gasteiger partial charge in [0, 0.05) is 38.1 Å². The molecule has 8 N–H and O–H groups in total. The van der Waals surface area contributed by atoms with Gasteiger partial charge in [0.05, 0.1) is 41.5 Å². The van der Waals surface area contributed by atoms with Crippen LogP contribution in [0.4, 0.5) is 0 Å². The highest BCUT2D eigenvalue weighted by molar-refractivity contribution is 5.73. The van der Waals surface area contributed by atoms with Crippen molar-refractivity contribution in [2.75, 3.05) is 53.9 Å². The highest BCUT2D eigenvalue weighted by Crippen LogP contribution is 2.40. The van der Waals surface area contributed by atoms with Crippen LogP contribution in [0.3, 0.4) is 0 Å². The molecule has 0 bridgehead atoms. The molecular weight excluding hydrogens is 801 g/mol. The van der Waals surface area contributed by atoms with E-state index in [2.05, 4.69) is 10.2 Å². The molecule has 18 atom stereocenters. The van der Waals surface area contributed by atoms with Crippen LogP contribution in [0, 0.1) is 17.8 Å². The van der Waals surface area contributed by atoms with Crippen LogP contribution in [-0.4, -0.2) is 186 Å². The first kappa shape index (κ1) is 55.2. The summed E-state index contributed by atoms with van der Waals surface area (Å²) in [4.78, 5) is 18.6. The fourth-order valence-electron chi connectivity index (χ4n) is 10.2. The maximum Gasteiger partial charge on any atom is 0.311 e. The van der Waals surface area contributed by atoms with Gasteiger partial charge in [-0.15, -0.1) is 0 Å². The lowest BCUT2D eigenvalue weighted by atomic mass is 9.77. The average Bonchev–Trinajstić information content (AvgIpc) is 3.20. The topological polar surface area (TPSA) is 218 Å². The molecule has 0 radical (unpaired) electrons. The van der Waals surface area contributed by atoms with Gasteiger partial charge < -0.3 is 69.9 Å². The fraction of sp³-hybridized carbons (Fsp3) is 0.978. The van der Waals surface area contributed by atoms with E-state index >= 15 is 0 Å². The number of hydrogen-bond donors (Lipinski definition) is 7. The number of unbranched alkanes of at least 4 members (excludes halogenated alkanes) is 3. The molecule has 16 heteroatoms. The maximum absolute atomic E-state index is 14.5. The van der Waals surface area contributed by atoms with Crippen LogP contribution in [-0.2, 0) is 33.2 Å². The molecule has 3 aliphatic rings. The van der Waals surface area contributed by atoms with Gasteiger partial charge in [0.2, 0.25) is 0 Å². The van der Waals surface area contributed by atoms with Crippen molar-refractivity contribution in [1.29, 1.82) is 0 Å². The van der Waals surface area contributed by atoms with Crippen LogP contribution in [0.2, 0.25) is 0 Å². The predicted octanol–water partition coefficient (Wildman–Crippen LogP) is 2.77. The Bertz CT molecular complexity index is 1310. The molecule has 366 valence electrons. The molecule has 0 saturated carbocycles. The quantitative estimate of drug-likeness (QED) is 0.0826. The molecule has 3 saturated heterocycles. The number of carbonyl (C=O) groups is 1. The lowest BCUT2D eigenvalue weighted by molar-refractivity contribution is -0.318. The van der Waals surface area contributed by atoms with Crippen molar-refractivity contribution in [2.24, 2.45) is 23.5 Å². The minimum absolute atomic E-state index is 0.127. The van der Waals surface area contributed by atoms with Crippen LogP contribution in [0.1, 0.15) is 127 Å². The van der Waals surface area contributed by atoms with E-state index in [1.165, 1.54) is 14.0 Å². The number of esters is 1. The first-order chi connectivity index (χ1) is 28.9. The molecule has 62 heavy (non-hydrogen) atoms. The number of cyclic esters (lactones) is 1. The Morgan fingerprint density at radius 3 is 2.16 bits per heavy atom. The third kappa shape index (κ3) is 14.5. The molecule has 0 aliphatic carbocycles. The smallest absolute Gasteiger partial charge is 0.311 e. The third-order valence-corrected chi connectivity index (χ3v) is 14.1. The van der Waals surface area contributed by atoms with Crippen molar-refractivity contribution in [1.82, 2.24) is 15.1 Å². The van der Waals surface area contributed by atoms with E-state index in [1.807, 2.05) is 46.7 Å². The summed E-state index contributed by atoms with van der Waals surface area (Å²) in [5, 5.41) is 63.2. The molecule has 0 spiro atoms. The first-order valence-electron chi connectivity index (χ1n) is 23.6. The van der Waals surface area contributed by atoms with E-state index < -0.39 is 96.0 Å². The van der Waals surface area contributed by atoms with Crippen LogP contribution in [0.5, 0.6) is 0 Å². The molecule has 3 heterocycles. The highest BCUT2D eigenvalue weighted by atomic mass is 16.7. The number of hydrogen-bond acceptors (Lipinski definition) is 16. The molecule has 0 amide bonds. The zero-order valence-electron chi connectivity index (χ0n) is 40.6. The SMILES string of the molecule is CC[C@H]1OC(=O)[C@H](C)[C@@H](OC2C[C@@](C)(OC)[C@@H](O)[C@H](C)O2)[C@H](C)[C@@H](O[C@@H]2O[C@H](C)C[C@H](N(C)C)C2O)C(C)(O)C[C@@H](C)CN(CCCNCCCCCCN)[C@H](C)[C@H](O)[C@]1(C)O. The van der Waals surface area contributed by atoms with E-state index in [0.29, 0.717) is 26.1 Å². The maximum atomic E-state index is 14.5. The van der Waals surface area contributed by atoms with Crippen molar-refractivity contribution in [3.63, 3.8) is 0 Å². The molecule has 0 aromatic heterocycles. The first-order valence-corrected chi connectivity index (χ1v) is 23.6. The second-order valence-corrected chi connectivity index (χ2v) is 20.0. The van der Waals surface area contributed by atoms with Gasteiger partial charge in [-0.05, 0) is 133 Å². The Morgan fingerprint density at radius 2 is 1.55 bits per heavy atom. The third-order valence-electron chi connectivity index (χ3n) is 14.1. The van der Waals surface area contributed by atoms with Gasteiger partial charge in [0.25, 0.3) is 0 Å². The standard InChI is InChI=1S/C46H90N4O12/c1-14-35-46(10,56)39(52)32(6)50(23-19-22-48-21-18-16-15-17-20-47)27-28(2)25-44(8,55)41(62-43-37(51)34(49(11)12)24-29(3)58-43)30(4)38(31(5)42(54)60-35)61-36-26-45(9,57-13)40(53)33(7)59-36/h28-41,43,48,51-53,55-56H,14-27,47H2,1-13H3/t28-,29-,30+,31-,32-,33+,34+,35-,36?,37?,38+,39+,40+,41-,43+,44?,45-,46-/m1/s1.